The quantitative estimate of drug-likeness (QED) is 0.497. The molecule has 1 aliphatic rings. The molecule has 1 atom stereocenters. The number of ether oxygens (including phenoxy) is 1. The van der Waals surface area contributed by atoms with Crippen molar-refractivity contribution in [3.05, 3.63) is 33.9 Å². The number of nitro benzene ring substituents is 1. The number of hydrogen-bond donors (Lipinski definition) is 1. The molecule has 0 radical (unpaired) electrons. The summed E-state index contributed by atoms with van der Waals surface area (Å²) in [4.78, 5) is 35.4. The molecule has 1 N–H and O–H groups in total. The number of benzene rings is 1. The Hall–Kier alpha value is -2.64. The lowest BCUT2D eigenvalue weighted by atomic mass is 10.1. The summed E-state index contributed by atoms with van der Waals surface area (Å²) < 4.78 is 5.41. The maximum absolute atomic E-state index is 12.3. The molecule has 1 aromatic rings. The Kier molecular flexibility index (Phi) is 5.61. The summed E-state index contributed by atoms with van der Waals surface area (Å²) in [7, 11) is 0. The van der Waals surface area contributed by atoms with Gasteiger partial charge in [-0.1, -0.05) is 0 Å². The molecule has 25 heavy (non-hydrogen) atoms. The lowest BCUT2D eigenvalue weighted by Gasteiger charge is -2.28. The Morgan fingerprint density at radius 2 is 2.20 bits per heavy atom. The van der Waals surface area contributed by atoms with Crippen LogP contribution in [0.5, 0.6) is 0 Å². The van der Waals surface area contributed by atoms with Crippen molar-refractivity contribution < 1.29 is 19.2 Å². The third-order valence-electron chi connectivity index (χ3n) is 3.89. The highest BCUT2D eigenvalue weighted by molar-refractivity contribution is 5.79. The van der Waals surface area contributed by atoms with E-state index in [0.29, 0.717) is 25.1 Å². The van der Waals surface area contributed by atoms with Crippen LogP contribution >= 0.6 is 0 Å². The number of rotatable bonds is 5. The van der Waals surface area contributed by atoms with Crippen LogP contribution in [0.15, 0.2) is 18.2 Å². The van der Waals surface area contributed by atoms with Crippen molar-refractivity contribution in [1.29, 1.82) is 0 Å². The Balaban J connectivity index is 2.06. The molecule has 1 aliphatic heterocycles. The Bertz CT molecular complexity index is 669. The highest BCUT2D eigenvalue weighted by atomic mass is 16.6. The van der Waals surface area contributed by atoms with Crippen LogP contribution in [0.4, 0.5) is 16.2 Å². The first-order valence-electron chi connectivity index (χ1n) is 8.18. The molecular weight excluding hydrogens is 326 g/mol. The van der Waals surface area contributed by atoms with E-state index in [1.54, 1.807) is 4.90 Å². The number of amides is 1. The lowest BCUT2D eigenvalue weighted by molar-refractivity contribution is -0.384. The fourth-order valence-corrected chi connectivity index (χ4v) is 2.76. The van der Waals surface area contributed by atoms with Crippen LogP contribution in [0.1, 0.15) is 44.0 Å². The Labute approximate surface area is 146 Å². The summed E-state index contributed by atoms with van der Waals surface area (Å²) >= 11 is 0. The molecule has 1 fully saturated rings. The van der Waals surface area contributed by atoms with Gasteiger partial charge in [0.2, 0.25) is 0 Å². The monoisotopic (exact) mass is 349 g/mol. The number of carbonyl (C=O) groups excluding carboxylic acids is 2. The molecule has 0 unspecified atom stereocenters. The van der Waals surface area contributed by atoms with Crippen molar-refractivity contribution in [3.63, 3.8) is 0 Å². The second-order valence-electron chi connectivity index (χ2n) is 7.00. The standard InChI is InChI=1S/C17H23N3O5/c1-17(2,3)25-16(22)19-8-4-5-13(19)10-18-14-7-6-12(11-21)9-15(14)20(23)24/h6-7,9,11,13,18H,4-5,8,10H2,1-3H3/t13-/m0/s1. The van der Waals surface area contributed by atoms with E-state index in [1.165, 1.54) is 18.2 Å². The van der Waals surface area contributed by atoms with E-state index in [2.05, 4.69) is 5.32 Å². The van der Waals surface area contributed by atoms with E-state index >= 15 is 0 Å². The third kappa shape index (κ3) is 4.91. The summed E-state index contributed by atoms with van der Waals surface area (Å²) in [6.45, 7) is 6.42. The zero-order valence-electron chi connectivity index (χ0n) is 14.7. The van der Waals surface area contributed by atoms with Gasteiger partial charge in [-0.05, 0) is 45.7 Å². The maximum Gasteiger partial charge on any atom is 0.410 e. The van der Waals surface area contributed by atoms with Crippen LogP contribution < -0.4 is 5.32 Å². The second kappa shape index (κ2) is 7.50. The van der Waals surface area contributed by atoms with Gasteiger partial charge in [0.1, 0.15) is 17.6 Å². The Morgan fingerprint density at radius 1 is 1.48 bits per heavy atom. The lowest BCUT2D eigenvalue weighted by Crippen LogP contribution is -2.42. The first kappa shape index (κ1) is 18.7. The largest absolute Gasteiger partial charge is 0.444 e. The van der Waals surface area contributed by atoms with Crippen molar-refractivity contribution in [3.8, 4) is 0 Å². The summed E-state index contributed by atoms with van der Waals surface area (Å²) in [5.41, 5.74) is -0.160. The molecule has 0 bridgehead atoms. The summed E-state index contributed by atoms with van der Waals surface area (Å²) in [6, 6.07) is 4.16. The van der Waals surface area contributed by atoms with E-state index in [9.17, 15) is 19.7 Å². The fourth-order valence-electron chi connectivity index (χ4n) is 2.76. The summed E-state index contributed by atoms with van der Waals surface area (Å²) in [5, 5.41) is 14.2. The van der Waals surface area contributed by atoms with Crippen molar-refractivity contribution in [1.82, 2.24) is 4.90 Å². The summed E-state index contributed by atoms with van der Waals surface area (Å²) in [5.74, 6) is 0. The van der Waals surface area contributed by atoms with Gasteiger partial charge in [0.25, 0.3) is 5.69 Å². The third-order valence-corrected chi connectivity index (χ3v) is 3.89. The molecule has 136 valence electrons. The van der Waals surface area contributed by atoms with Crippen LogP contribution in [0.25, 0.3) is 0 Å². The average Bonchev–Trinajstić information content (AvgIpc) is 2.99. The van der Waals surface area contributed by atoms with Gasteiger partial charge in [-0.2, -0.15) is 0 Å². The predicted molar refractivity (Wildman–Crippen MR) is 92.9 cm³/mol. The van der Waals surface area contributed by atoms with E-state index in [-0.39, 0.29) is 23.4 Å². The molecule has 1 amide bonds. The van der Waals surface area contributed by atoms with Crippen LogP contribution in [-0.2, 0) is 4.74 Å². The van der Waals surface area contributed by atoms with Crippen LogP contribution in [0.2, 0.25) is 0 Å². The first-order chi connectivity index (χ1) is 11.7. The topological polar surface area (TPSA) is 102 Å². The molecule has 0 spiro atoms. The van der Waals surface area contributed by atoms with Gasteiger partial charge in [0, 0.05) is 24.7 Å². The van der Waals surface area contributed by atoms with Gasteiger partial charge in [0.15, 0.2) is 0 Å². The number of aldehydes is 1. The van der Waals surface area contributed by atoms with Crippen LogP contribution in [0, 0.1) is 10.1 Å². The molecule has 0 aliphatic carbocycles. The molecule has 2 rings (SSSR count). The van der Waals surface area contributed by atoms with E-state index in [0.717, 1.165) is 12.8 Å². The van der Waals surface area contributed by atoms with Crippen molar-refractivity contribution >= 4 is 23.8 Å². The number of nitrogens with zero attached hydrogens (tertiary/aromatic N) is 2. The van der Waals surface area contributed by atoms with E-state index in [1.807, 2.05) is 20.8 Å². The van der Waals surface area contributed by atoms with Gasteiger partial charge in [-0.3, -0.25) is 14.9 Å². The number of carbonyl (C=O) groups is 2. The maximum atomic E-state index is 12.3. The fraction of sp³-hybridized carbons (Fsp3) is 0.529. The molecule has 0 aromatic heterocycles. The minimum Gasteiger partial charge on any atom is -0.444 e. The minimum absolute atomic E-state index is 0.0970. The number of nitro groups is 1. The zero-order chi connectivity index (χ0) is 18.6. The highest BCUT2D eigenvalue weighted by Crippen LogP contribution is 2.27. The van der Waals surface area contributed by atoms with Gasteiger partial charge in [-0.25, -0.2) is 4.79 Å². The molecule has 1 heterocycles. The smallest absolute Gasteiger partial charge is 0.410 e. The van der Waals surface area contributed by atoms with Gasteiger partial charge in [0.05, 0.1) is 11.0 Å². The Morgan fingerprint density at radius 3 is 2.80 bits per heavy atom. The van der Waals surface area contributed by atoms with Crippen LogP contribution in [0.3, 0.4) is 0 Å². The molecule has 1 aromatic carbocycles. The van der Waals surface area contributed by atoms with Crippen molar-refractivity contribution in [2.24, 2.45) is 0 Å². The zero-order valence-corrected chi connectivity index (χ0v) is 14.7. The number of nitrogens with one attached hydrogen (secondary N) is 1. The van der Waals surface area contributed by atoms with E-state index < -0.39 is 10.5 Å². The van der Waals surface area contributed by atoms with Gasteiger partial charge >= 0.3 is 6.09 Å². The van der Waals surface area contributed by atoms with E-state index in [4.69, 9.17) is 4.74 Å². The summed E-state index contributed by atoms with van der Waals surface area (Å²) in [6.07, 6.45) is 1.85. The SMILES string of the molecule is CC(C)(C)OC(=O)N1CCC[C@H]1CNc1ccc(C=O)cc1[N+](=O)[O-]. The second-order valence-corrected chi connectivity index (χ2v) is 7.00. The molecule has 8 nitrogen and oxygen atoms in total. The van der Waals surface area contributed by atoms with Crippen LogP contribution in [-0.4, -0.2) is 46.9 Å². The number of anilines is 1. The van der Waals surface area contributed by atoms with Gasteiger partial charge in [-0.15, -0.1) is 0 Å². The van der Waals surface area contributed by atoms with Gasteiger partial charge < -0.3 is 15.0 Å². The molecule has 0 saturated carbocycles. The van der Waals surface area contributed by atoms with Crippen molar-refractivity contribution in [2.75, 3.05) is 18.4 Å². The average molecular weight is 349 g/mol. The predicted octanol–water partition coefficient (Wildman–Crippen LogP) is 3.22. The first-order valence-corrected chi connectivity index (χ1v) is 8.18. The molecule has 8 heteroatoms. The highest BCUT2D eigenvalue weighted by Gasteiger charge is 2.32. The number of hydrogen-bond acceptors (Lipinski definition) is 6. The minimum atomic E-state index is -0.568. The molecule has 1 saturated heterocycles. The molecular formula is C17H23N3O5. The van der Waals surface area contributed by atoms with Crippen molar-refractivity contribution in [2.45, 2.75) is 45.3 Å². The normalized spacial score (nSPS) is 17.2. The number of likely N-dealkylation sites (tertiary alicyclic amines) is 1.